The lowest BCUT2D eigenvalue weighted by atomic mass is 9.49. The normalized spacial score (nSPS) is 50.1. The van der Waals surface area contributed by atoms with Crippen LogP contribution in [0.15, 0.2) is 0 Å². The number of nitrogens with one attached hydrogen (secondary N) is 2. The summed E-state index contributed by atoms with van der Waals surface area (Å²) in [5.74, 6) is 3.56. The highest BCUT2D eigenvalue weighted by Crippen LogP contribution is 2.60. The van der Waals surface area contributed by atoms with Crippen molar-refractivity contribution >= 4 is 5.91 Å². The van der Waals surface area contributed by atoms with E-state index in [1.165, 1.54) is 38.5 Å². The second-order valence-electron chi connectivity index (χ2n) is 8.25. The minimum Gasteiger partial charge on any atom is -0.353 e. The topological polar surface area (TPSA) is 41.1 Å². The van der Waals surface area contributed by atoms with E-state index >= 15 is 0 Å². The first-order valence-electron chi connectivity index (χ1n) is 8.66. The van der Waals surface area contributed by atoms with Gasteiger partial charge in [0.15, 0.2) is 0 Å². The molecule has 0 aromatic rings. The third-order valence-electron chi connectivity index (χ3n) is 6.62. The summed E-state index contributed by atoms with van der Waals surface area (Å²) < 4.78 is 0. The lowest BCUT2D eigenvalue weighted by Gasteiger charge is -2.56. The van der Waals surface area contributed by atoms with Gasteiger partial charge in [0.05, 0.1) is 0 Å². The van der Waals surface area contributed by atoms with Crippen LogP contribution >= 0.6 is 0 Å². The van der Waals surface area contributed by atoms with Crippen molar-refractivity contribution in [2.45, 2.75) is 57.9 Å². The van der Waals surface area contributed by atoms with Crippen LogP contribution in [-0.4, -0.2) is 25.0 Å². The molecule has 4 saturated carbocycles. The SMILES string of the molecule is CC1CNCCC1NC(=O)C12CC3CC(CC(C3)C1)C2. The molecule has 0 radical (unpaired) electrons. The summed E-state index contributed by atoms with van der Waals surface area (Å²) in [6, 6.07) is 0.400. The second-order valence-corrected chi connectivity index (χ2v) is 8.25. The van der Waals surface area contributed by atoms with E-state index < -0.39 is 0 Å². The zero-order chi connectivity index (χ0) is 13.7. The third kappa shape index (κ3) is 2.09. The molecule has 2 N–H and O–H groups in total. The average molecular weight is 276 g/mol. The Bertz CT molecular complexity index is 371. The van der Waals surface area contributed by atoms with Crippen LogP contribution in [0.2, 0.25) is 0 Å². The number of amides is 1. The molecule has 0 aromatic heterocycles. The molecule has 0 spiro atoms. The van der Waals surface area contributed by atoms with E-state index in [0.29, 0.717) is 17.9 Å². The van der Waals surface area contributed by atoms with Gasteiger partial charge in [0, 0.05) is 11.5 Å². The molecule has 1 heterocycles. The lowest BCUT2D eigenvalue weighted by molar-refractivity contribution is -0.147. The summed E-state index contributed by atoms with van der Waals surface area (Å²) in [5.41, 5.74) is 0.0271. The molecule has 1 saturated heterocycles. The van der Waals surface area contributed by atoms with Crippen molar-refractivity contribution in [2.24, 2.45) is 29.1 Å². The highest BCUT2D eigenvalue weighted by molar-refractivity contribution is 5.83. The van der Waals surface area contributed by atoms with E-state index in [1.54, 1.807) is 0 Å². The van der Waals surface area contributed by atoms with Crippen molar-refractivity contribution in [1.29, 1.82) is 0 Å². The molecule has 2 unspecified atom stereocenters. The molecular formula is C17H28N2O. The van der Waals surface area contributed by atoms with E-state index in [2.05, 4.69) is 17.6 Å². The molecule has 4 aliphatic carbocycles. The molecule has 2 atom stereocenters. The first kappa shape index (κ1) is 13.1. The summed E-state index contributed by atoms with van der Waals surface area (Å²) >= 11 is 0. The number of hydrogen-bond donors (Lipinski definition) is 2. The molecule has 1 aliphatic heterocycles. The van der Waals surface area contributed by atoms with Crippen molar-refractivity contribution in [1.82, 2.24) is 10.6 Å². The second kappa shape index (κ2) is 4.72. The van der Waals surface area contributed by atoms with E-state index in [-0.39, 0.29) is 5.41 Å². The number of carbonyl (C=O) groups excluding carboxylic acids is 1. The molecule has 5 fully saturated rings. The van der Waals surface area contributed by atoms with Crippen LogP contribution in [-0.2, 0) is 4.79 Å². The monoisotopic (exact) mass is 276 g/mol. The van der Waals surface area contributed by atoms with E-state index in [9.17, 15) is 4.79 Å². The predicted molar refractivity (Wildman–Crippen MR) is 79.2 cm³/mol. The van der Waals surface area contributed by atoms with Gasteiger partial charge in [-0.15, -0.1) is 0 Å². The molecule has 112 valence electrons. The Hall–Kier alpha value is -0.570. The standard InChI is InChI=1S/C17H28N2O/c1-11-10-18-3-2-15(11)19-16(20)17-7-12-4-13(8-17)6-14(5-12)9-17/h11-15,18H,2-10H2,1H3,(H,19,20). The van der Waals surface area contributed by atoms with Gasteiger partial charge in [-0.1, -0.05) is 6.92 Å². The maximum absolute atomic E-state index is 13.0. The van der Waals surface area contributed by atoms with Gasteiger partial charge in [0.2, 0.25) is 5.91 Å². The highest BCUT2D eigenvalue weighted by Gasteiger charge is 2.54. The van der Waals surface area contributed by atoms with Gasteiger partial charge < -0.3 is 10.6 Å². The lowest BCUT2D eigenvalue weighted by Crippen LogP contribution is -2.57. The van der Waals surface area contributed by atoms with Crippen molar-refractivity contribution in [3.05, 3.63) is 0 Å². The van der Waals surface area contributed by atoms with Crippen LogP contribution in [0.5, 0.6) is 0 Å². The zero-order valence-corrected chi connectivity index (χ0v) is 12.7. The Balaban J connectivity index is 1.48. The van der Waals surface area contributed by atoms with Gasteiger partial charge in [0.1, 0.15) is 0 Å². The average Bonchev–Trinajstić information content (AvgIpc) is 2.40. The van der Waals surface area contributed by atoms with Crippen LogP contribution < -0.4 is 10.6 Å². The van der Waals surface area contributed by atoms with Crippen LogP contribution in [0, 0.1) is 29.1 Å². The van der Waals surface area contributed by atoms with Crippen LogP contribution in [0.3, 0.4) is 0 Å². The number of carbonyl (C=O) groups is 1. The molecule has 5 aliphatic rings. The molecule has 4 bridgehead atoms. The fourth-order valence-corrected chi connectivity index (χ4v) is 5.94. The van der Waals surface area contributed by atoms with E-state index in [0.717, 1.165) is 37.3 Å². The molecule has 0 aromatic carbocycles. The van der Waals surface area contributed by atoms with Crippen LogP contribution in [0.1, 0.15) is 51.9 Å². The van der Waals surface area contributed by atoms with Crippen LogP contribution in [0.4, 0.5) is 0 Å². The number of piperidine rings is 1. The molecular weight excluding hydrogens is 248 g/mol. The first-order valence-corrected chi connectivity index (χ1v) is 8.66. The van der Waals surface area contributed by atoms with Crippen molar-refractivity contribution in [3.63, 3.8) is 0 Å². The molecule has 3 heteroatoms. The Labute approximate surface area is 122 Å². The Morgan fingerprint density at radius 2 is 1.70 bits per heavy atom. The Morgan fingerprint density at radius 1 is 1.10 bits per heavy atom. The van der Waals surface area contributed by atoms with Crippen molar-refractivity contribution in [3.8, 4) is 0 Å². The van der Waals surface area contributed by atoms with Crippen molar-refractivity contribution < 1.29 is 4.79 Å². The van der Waals surface area contributed by atoms with Gasteiger partial charge >= 0.3 is 0 Å². The maximum atomic E-state index is 13.0. The fourth-order valence-electron chi connectivity index (χ4n) is 5.94. The van der Waals surface area contributed by atoms with E-state index in [4.69, 9.17) is 0 Å². The van der Waals surface area contributed by atoms with Gasteiger partial charge in [-0.2, -0.15) is 0 Å². The van der Waals surface area contributed by atoms with Gasteiger partial charge in [-0.25, -0.2) is 0 Å². The molecule has 1 amide bonds. The first-order chi connectivity index (χ1) is 9.64. The minimum atomic E-state index is 0.0271. The van der Waals surface area contributed by atoms with E-state index in [1.807, 2.05) is 0 Å². The molecule has 3 nitrogen and oxygen atoms in total. The summed E-state index contributed by atoms with van der Waals surface area (Å²) in [6.07, 6.45) is 8.89. The van der Waals surface area contributed by atoms with Gasteiger partial charge in [-0.05, 0) is 81.7 Å². The van der Waals surface area contributed by atoms with Crippen molar-refractivity contribution in [2.75, 3.05) is 13.1 Å². The zero-order valence-electron chi connectivity index (χ0n) is 12.7. The smallest absolute Gasteiger partial charge is 0.226 e. The third-order valence-corrected chi connectivity index (χ3v) is 6.62. The molecule has 20 heavy (non-hydrogen) atoms. The number of rotatable bonds is 2. The largest absolute Gasteiger partial charge is 0.353 e. The summed E-state index contributed by atoms with van der Waals surface area (Å²) in [5, 5.41) is 6.87. The predicted octanol–water partition coefficient (Wildman–Crippen LogP) is 2.32. The minimum absolute atomic E-state index is 0.0271. The fraction of sp³-hybridized carbons (Fsp3) is 0.941. The summed E-state index contributed by atoms with van der Waals surface area (Å²) in [7, 11) is 0. The van der Waals surface area contributed by atoms with Gasteiger partial charge in [-0.3, -0.25) is 4.79 Å². The summed E-state index contributed by atoms with van der Waals surface area (Å²) in [4.78, 5) is 13.0. The summed E-state index contributed by atoms with van der Waals surface area (Å²) in [6.45, 7) is 4.36. The maximum Gasteiger partial charge on any atom is 0.226 e. The van der Waals surface area contributed by atoms with Gasteiger partial charge in [0.25, 0.3) is 0 Å². The highest BCUT2D eigenvalue weighted by atomic mass is 16.2. The Kier molecular flexibility index (Phi) is 3.10. The Morgan fingerprint density at radius 3 is 2.25 bits per heavy atom. The molecule has 5 rings (SSSR count). The quantitative estimate of drug-likeness (QED) is 0.812. The number of hydrogen-bond acceptors (Lipinski definition) is 2. The van der Waals surface area contributed by atoms with Crippen LogP contribution in [0.25, 0.3) is 0 Å².